The van der Waals surface area contributed by atoms with Gasteiger partial charge in [0.25, 0.3) is 0 Å². The van der Waals surface area contributed by atoms with Crippen LogP contribution in [0, 0.1) is 0 Å². The second-order valence-electron chi connectivity index (χ2n) is 3.61. The van der Waals surface area contributed by atoms with Gasteiger partial charge in [0, 0.05) is 11.1 Å². The Morgan fingerprint density at radius 1 is 1.25 bits per heavy atom. The van der Waals surface area contributed by atoms with Gasteiger partial charge in [-0.05, 0) is 52.3 Å². The summed E-state index contributed by atoms with van der Waals surface area (Å²) in [6, 6.07) is 3.64. The Morgan fingerprint density at radius 2 is 1.95 bits per heavy atom. The first-order chi connectivity index (χ1) is 9.37. The number of alkyl halides is 4. The lowest BCUT2D eigenvalue weighted by Crippen LogP contribution is -2.08. The molecule has 0 bridgehead atoms. The van der Waals surface area contributed by atoms with Gasteiger partial charge in [-0.1, -0.05) is 15.9 Å². The number of hydrogen-bond donors (Lipinski definition) is 0. The zero-order valence-electron chi connectivity index (χ0n) is 10.6. The monoisotopic (exact) mass is 436 g/mol. The molecule has 1 aromatic rings. The number of hydrogen-bond acceptors (Lipinski definition) is 3. The molecule has 0 unspecified atom stereocenters. The summed E-state index contributed by atoms with van der Waals surface area (Å²) in [6.07, 6.45) is 0. The zero-order chi connectivity index (χ0) is 15.2. The van der Waals surface area contributed by atoms with Crippen molar-refractivity contribution >= 4 is 43.6 Å². The van der Waals surface area contributed by atoms with Gasteiger partial charge in [0.15, 0.2) is 11.5 Å². The third kappa shape index (κ3) is 6.13. The summed E-state index contributed by atoms with van der Waals surface area (Å²) < 4.78 is 47.6. The van der Waals surface area contributed by atoms with Crippen LogP contribution in [-0.2, 0) is 5.33 Å². The standard InChI is InChI=1S/C12H13Br2F3O2S/c1-2-18-10-6-8(7-13)5-9(14)11(10)19-3-4-20-12(15,16)17/h5-6H,2-4,7H2,1H3. The van der Waals surface area contributed by atoms with Crippen molar-refractivity contribution in [3.8, 4) is 11.5 Å². The number of ether oxygens (including phenoxy) is 2. The lowest BCUT2D eigenvalue weighted by atomic mass is 10.2. The summed E-state index contributed by atoms with van der Waals surface area (Å²) in [7, 11) is 0. The molecule has 0 radical (unpaired) electrons. The minimum absolute atomic E-state index is 0.0451. The Kier molecular flexibility index (Phi) is 7.53. The van der Waals surface area contributed by atoms with E-state index in [1.807, 2.05) is 13.0 Å². The Labute approximate surface area is 136 Å². The summed E-state index contributed by atoms with van der Waals surface area (Å²) in [5, 5.41) is 0.649. The third-order valence-corrected chi connectivity index (χ3v) is 4.05. The van der Waals surface area contributed by atoms with E-state index in [4.69, 9.17) is 9.47 Å². The first-order valence-corrected chi connectivity index (χ1v) is 8.62. The van der Waals surface area contributed by atoms with Crippen molar-refractivity contribution in [1.82, 2.24) is 0 Å². The van der Waals surface area contributed by atoms with Gasteiger partial charge in [-0.2, -0.15) is 13.2 Å². The fraction of sp³-hybridized carbons (Fsp3) is 0.500. The molecule has 0 saturated heterocycles. The number of halogens is 5. The molecular formula is C12H13Br2F3O2S. The van der Waals surface area contributed by atoms with Crippen LogP contribution in [0.1, 0.15) is 12.5 Å². The van der Waals surface area contributed by atoms with Crippen molar-refractivity contribution < 1.29 is 22.6 Å². The van der Waals surface area contributed by atoms with Crippen LogP contribution in [0.5, 0.6) is 11.5 Å². The maximum Gasteiger partial charge on any atom is 0.441 e. The van der Waals surface area contributed by atoms with Crippen molar-refractivity contribution in [2.24, 2.45) is 0 Å². The largest absolute Gasteiger partial charge is 0.490 e. The molecule has 0 aliphatic carbocycles. The van der Waals surface area contributed by atoms with E-state index >= 15 is 0 Å². The summed E-state index contributed by atoms with van der Waals surface area (Å²) >= 11 is 6.58. The van der Waals surface area contributed by atoms with E-state index in [1.54, 1.807) is 6.07 Å². The van der Waals surface area contributed by atoms with Gasteiger partial charge in [-0.15, -0.1) is 0 Å². The highest BCUT2D eigenvalue weighted by Gasteiger charge is 2.27. The Hall–Kier alpha value is -0.0800. The SMILES string of the molecule is CCOc1cc(CBr)cc(Br)c1OCCSC(F)(F)F. The van der Waals surface area contributed by atoms with Crippen LogP contribution in [0.25, 0.3) is 0 Å². The van der Waals surface area contributed by atoms with Crippen molar-refractivity contribution in [3.05, 3.63) is 22.2 Å². The predicted molar refractivity (Wildman–Crippen MR) is 82.0 cm³/mol. The van der Waals surface area contributed by atoms with E-state index in [0.29, 0.717) is 27.9 Å². The molecular weight excluding hydrogens is 425 g/mol. The smallest absolute Gasteiger partial charge is 0.441 e. The highest BCUT2D eigenvalue weighted by molar-refractivity contribution is 9.10. The van der Waals surface area contributed by atoms with Crippen molar-refractivity contribution in [3.63, 3.8) is 0 Å². The van der Waals surface area contributed by atoms with Crippen LogP contribution in [0.3, 0.4) is 0 Å². The van der Waals surface area contributed by atoms with Crippen molar-refractivity contribution in [1.29, 1.82) is 0 Å². The molecule has 0 aliphatic rings. The van der Waals surface area contributed by atoms with Gasteiger partial charge in [-0.25, -0.2) is 0 Å². The van der Waals surface area contributed by atoms with E-state index in [-0.39, 0.29) is 24.1 Å². The Balaban J connectivity index is 2.72. The molecule has 20 heavy (non-hydrogen) atoms. The van der Waals surface area contributed by atoms with Crippen LogP contribution in [-0.4, -0.2) is 24.5 Å². The van der Waals surface area contributed by atoms with E-state index in [1.165, 1.54) is 0 Å². The van der Waals surface area contributed by atoms with Gasteiger partial charge < -0.3 is 9.47 Å². The predicted octanol–water partition coefficient (Wildman–Crippen LogP) is 5.37. The van der Waals surface area contributed by atoms with Crippen LogP contribution >= 0.6 is 43.6 Å². The molecule has 0 atom stereocenters. The summed E-state index contributed by atoms with van der Waals surface area (Å²) in [4.78, 5) is 0. The second kappa shape index (κ2) is 8.38. The lowest BCUT2D eigenvalue weighted by Gasteiger charge is -2.15. The molecule has 0 aliphatic heterocycles. The fourth-order valence-electron chi connectivity index (χ4n) is 1.40. The molecule has 1 rings (SSSR count). The van der Waals surface area contributed by atoms with Crippen LogP contribution < -0.4 is 9.47 Å². The number of rotatable bonds is 7. The molecule has 0 fully saturated rings. The maximum absolute atomic E-state index is 12.0. The normalized spacial score (nSPS) is 11.5. The molecule has 0 heterocycles. The summed E-state index contributed by atoms with van der Waals surface area (Å²) in [6.45, 7) is 2.24. The average Bonchev–Trinajstić information content (AvgIpc) is 2.35. The van der Waals surface area contributed by atoms with E-state index in [2.05, 4.69) is 31.9 Å². The minimum atomic E-state index is -4.23. The average molecular weight is 438 g/mol. The van der Waals surface area contributed by atoms with E-state index in [0.717, 1.165) is 5.56 Å². The first-order valence-electron chi connectivity index (χ1n) is 5.72. The van der Waals surface area contributed by atoms with E-state index in [9.17, 15) is 13.2 Å². The third-order valence-electron chi connectivity index (χ3n) is 2.12. The van der Waals surface area contributed by atoms with Crippen LogP contribution in [0.2, 0.25) is 0 Å². The van der Waals surface area contributed by atoms with Gasteiger partial charge in [0.05, 0.1) is 17.7 Å². The second-order valence-corrected chi connectivity index (χ2v) is 6.19. The van der Waals surface area contributed by atoms with Gasteiger partial charge in [0.1, 0.15) is 0 Å². The molecule has 0 amide bonds. The van der Waals surface area contributed by atoms with Gasteiger partial charge in [-0.3, -0.25) is 0 Å². The topological polar surface area (TPSA) is 18.5 Å². The highest BCUT2D eigenvalue weighted by Crippen LogP contribution is 2.38. The van der Waals surface area contributed by atoms with Gasteiger partial charge in [0.2, 0.25) is 0 Å². The van der Waals surface area contributed by atoms with Gasteiger partial charge >= 0.3 is 5.51 Å². The quantitative estimate of drug-likeness (QED) is 0.421. The molecule has 2 nitrogen and oxygen atoms in total. The minimum Gasteiger partial charge on any atom is -0.490 e. The molecule has 0 saturated carbocycles. The summed E-state index contributed by atoms with van der Waals surface area (Å²) in [5.74, 6) is 0.787. The Morgan fingerprint density at radius 3 is 2.50 bits per heavy atom. The molecule has 0 spiro atoms. The highest BCUT2D eigenvalue weighted by atomic mass is 79.9. The summed E-state index contributed by atoms with van der Waals surface area (Å²) in [5.41, 5.74) is -3.25. The van der Waals surface area contributed by atoms with E-state index < -0.39 is 5.51 Å². The fourth-order valence-corrected chi connectivity index (χ4v) is 2.73. The lowest BCUT2D eigenvalue weighted by molar-refractivity contribution is -0.0329. The molecule has 0 aromatic heterocycles. The maximum atomic E-state index is 12.0. The Bertz CT molecular complexity index is 441. The molecule has 0 N–H and O–H groups in total. The van der Waals surface area contributed by atoms with Crippen molar-refractivity contribution in [2.75, 3.05) is 19.0 Å². The molecule has 1 aromatic carbocycles. The first kappa shape index (κ1) is 18.0. The number of thioether (sulfide) groups is 1. The van der Waals surface area contributed by atoms with Crippen LogP contribution in [0.15, 0.2) is 16.6 Å². The van der Waals surface area contributed by atoms with Crippen LogP contribution in [0.4, 0.5) is 13.2 Å². The zero-order valence-corrected chi connectivity index (χ0v) is 14.6. The van der Waals surface area contributed by atoms with Crippen molar-refractivity contribution in [2.45, 2.75) is 17.8 Å². The molecule has 8 heteroatoms. The number of benzene rings is 1. The molecule has 114 valence electrons.